The van der Waals surface area contributed by atoms with Crippen molar-refractivity contribution in [2.75, 3.05) is 6.79 Å². The Labute approximate surface area is 198 Å². The number of halogens is 1. The van der Waals surface area contributed by atoms with Crippen molar-refractivity contribution < 1.29 is 14.3 Å². The minimum atomic E-state index is -0.615. The maximum absolute atomic E-state index is 13.3. The fourth-order valence-electron chi connectivity index (χ4n) is 3.79. The molecule has 1 aliphatic rings. The van der Waals surface area contributed by atoms with E-state index in [4.69, 9.17) is 21.1 Å². The van der Waals surface area contributed by atoms with Gasteiger partial charge in [0.25, 0.3) is 5.56 Å². The number of nitrogens with zero attached hydrogens (tertiary/aromatic N) is 3. The number of aromatic nitrogens is 3. The summed E-state index contributed by atoms with van der Waals surface area (Å²) in [6, 6.07) is 15.6. The Morgan fingerprint density at radius 1 is 1.03 bits per heavy atom. The number of nitrogens with one attached hydrogen (secondary N) is 1. The zero-order valence-electron chi connectivity index (χ0n) is 17.9. The van der Waals surface area contributed by atoms with E-state index >= 15 is 0 Å². The molecule has 3 heterocycles. The molecule has 0 spiro atoms. The van der Waals surface area contributed by atoms with Crippen LogP contribution in [0.25, 0.3) is 11.0 Å². The smallest absolute Gasteiger partial charge is 0.332 e. The number of carbonyl (C=O) groups is 1. The molecule has 1 N–H and O–H groups in total. The van der Waals surface area contributed by atoms with Crippen LogP contribution in [0.1, 0.15) is 11.1 Å². The first kappa shape index (κ1) is 21.7. The number of rotatable bonds is 6. The van der Waals surface area contributed by atoms with Crippen molar-refractivity contribution in [3.8, 4) is 11.5 Å². The molecule has 2 aromatic carbocycles. The van der Waals surface area contributed by atoms with Gasteiger partial charge >= 0.3 is 5.69 Å². The van der Waals surface area contributed by atoms with Crippen LogP contribution in [-0.2, 0) is 24.4 Å². The molecule has 4 aromatic rings. The van der Waals surface area contributed by atoms with Crippen molar-refractivity contribution in [2.24, 2.45) is 0 Å². The van der Waals surface area contributed by atoms with Crippen molar-refractivity contribution in [2.45, 2.75) is 19.6 Å². The molecule has 5 rings (SSSR count). The van der Waals surface area contributed by atoms with Crippen LogP contribution < -0.4 is 26.0 Å². The summed E-state index contributed by atoms with van der Waals surface area (Å²) >= 11 is 6.15. The summed E-state index contributed by atoms with van der Waals surface area (Å²) in [7, 11) is 0. The number of hydrogen-bond acceptors (Lipinski definition) is 6. The van der Waals surface area contributed by atoms with Gasteiger partial charge in [0.1, 0.15) is 6.54 Å². The Bertz CT molecular complexity index is 1530. The number of carbonyl (C=O) groups excluding carboxylic acids is 1. The second-order valence-corrected chi connectivity index (χ2v) is 8.09. The Kier molecular flexibility index (Phi) is 5.77. The highest BCUT2D eigenvalue weighted by atomic mass is 35.5. The fraction of sp³-hybridized carbons (Fsp3) is 0.167. The lowest BCUT2D eigenvalue weighted by molar-refractivity contribution is -0.121. The highest BCUT2D eigenvalue weighted by molar-refractivity contribution is 6.31. The SMILES string of the molecule is O=C(Cn1c(=O)n(Cc2ccc3c(c2)OCO3)c(=O)c2ncccc21)NCc1ccccc1Cl. The first-order chi connectivity index (χ1) is 16.5. The lowest BCUT2D eigenvalue weighted by Gasteiger charge is -2.14. The molecule has 10 heteroatoms. The van der Waals surface area contributed by atoms with Crippen LogP contribution in [-0.4, -0.2) is 26.8 Å². The average molecular weight is 479 g/mol. The maximum Gasteiger partial charge on any atom is 0.332 e. The molecule has 0 aliphatic carbocycles. The van der Waals surface area contributed by atoms with E-state index < -0.39 is 17.2 Å². The third-order valence-corrected chi connectivity index (χ3v) is 5.87. The van der Waals surface area contributed by atoms with Crippen LogP contribution in [0, 0.1) is 0 Å². The van der Waals surface area contributed by atoms with Gasteiger partial charge in [0.05, 0.1) is 12.1 Å². The van der Waals surface area contributed by atoms with Crippen LogP contribution in [0.2, 0.25) is 5.02 Å². The van der Waals surface area contributed by atoms with E-state index in [1.54, 1.807) is 48.5 Å². The standard InChI is InChI=1S/C24H19ClN4O5/c25-17-5-2-1-4-16(17)11-27-21(30)13-28-18-6-3-9-26-22(18)23(31)29(24(28)32)12-15-7-8-19-20(10-15)34-14-33-19/h1-10H,11-14H2,(H,27,30). The Hall–Kier alpha value is -4.11. The van der Waals surface area contributed by atoms with Crippen molar-refractivity contribution in [3.63, 3.8) is 0 Å². The first-order valence-electron chi connectivity index (χ1n) is 10.5. The number of fused-ring (bicyclic) bond motifs is 2. The molecule has 1 aliphatic heterocycles. The second kappa shape index (κ2) is 9.03. The Morgan fingerprint density at radius 2 is 1.85 bits per heavy atom. The van der Waals surface area contributed by atoms with Gasteiger partial charge in [0, 0.05) is 17.8 Å². The van der Waals surface area contributed by atoms with Crippen molar-refractivity contribution in [3.05, 3.63) is 97.8 Å². The van der Waals surface area contributed by atoms with Crippen molar-refractivity contribution in [1.82, 2.24) is 19.4 Å². The van der Waals surface area contributed by atoms with Gasteiger partial charge in [-0.2, -0.15) is 0 Å². The van der Waals surface area contributed by atoms with E-state index in [2.05, 4.69) is 10.3 Å². The average Bonchev–Trinajstić information content (AvgIpc) is 3.32. The van der Waals surface area contributed by atoms with Gasteiger partial charge < -0.3 is 14.8 Å². The number of amides is 1. The van der Waals surface area contributed by atoms with Crippen LogP contribution >= 0.6 is 11.6 Å². The van der Waals surface area contributed by atoms with Crippen molar-refractivity contribution in [1.29, 1.82) is 0 Å². The number of hydrogen-bond donors (Lipinski definition) is 1. The van der Waals surface area contributed by atoms with E-state index in [0.717, 1.165) is 10.1 Å². The van der Waals surface area contributed by atoms with E-state index in [0.29, 0.717) is 22.1 Å². The molecule has 0 saturated carbocycles. The van der Waals surface area contributed by atoms with E-state index in [9.17, 15) is 14.4 Å². The van der Waals surface area contributed by atoms with E-state index in [1.807, 2.05) is 6.07 Å². The predicted molar refractivity (Wildman–Crippen MR) is 125 cm³/mol. The molecule has 34 heavy (non-hydrogen) atoms. The summed E-state index contributed by atoms with van der Waals surface area (Å²) in [4.78, 5) is 43.3. The molecular weight excluding hydrogens is 460 g/mol. The molecule has 0 fully saturated rings. The molecule has 0 atom stereocenters. The van der Waals surface area contributed by atoms with Crippen LogP contribution in [0.4, 0.5) is 0 Å². The highest BCUT2D eigenvalue weighted by Crippen LogP contribution is 2.32. The first-order valence-corrected chi connectivity index (χ1v) is 10.9. The lowest BCUT2D eigenvalue weighted by Crippen LogP contribution is -2.43. The van der Waals surface area contributed by atoms with Gasteiger partial charge in [0.15, 0.2) is 17.0 Å². The van der Waals surface area contributed by atoms with Gasteiger partial charge in [-0.25, -0.2) is 9.78 Å². The predicted octanol–water partition coefficient (Wildman–Crippen LogP) is 2.30. The summed E-state index contributed by atoms with van der Waals surface area (Å²) in [6.07, 6.45) is 1.47. The van der Waals surface area contributed by atoms with E-state index in [1.165, 1.54) is 10.8 Å². The minimum Gasteiger partial charge on any atom is -0.454 e. The third-order valence-electron chi connectivity index (χ3n) is 5.50. The van der Waals surface area contributed by atoms with Gasteiger partial charge in [-0.1, -0.05) is 35.9 Å². The monoisotopic (exact) mass is 478 g/mol. The summed E-state index contributed by atoms with van der Waals surface area (Å²) in [5, 5.41) is 3.31. The topological polar surface area (TPSA) is 104 Å². The van der Waals surface area contributed by atoms with Crippen LogP contribution in [0.5, 0.6) is 11.5 Å². The zero-order chi connectivity index (χ0) is 23.7. The van der Waals surface area contributed by atoms with Crippen molar-refractivity contribution >= 4 is 28.5 Å². The maximum atomic E-state index is 13.3. The molecule has 1 amide bonds. The highest BCUT2D eigenvalue weighted by Gasteiger charge is 2.18. The van der Waals surface area contributed by atoms with Crippen LogP contribution in [0.3, 0.4) is 0 Å². The molecule has 172 valence electrons. The molecule has 0 saturated heterocycles. The van der Waals surface area contributed by atoms with Gasteiger partial charge in [-0.05, 0) is 41.5 Å². The number of benzene rings is 2. The van der Waals surface area contributed by atoms with Gasteiger partial charge in [0.2, 0.25) is 12.7 Å². The molecular formula is C24H19ClN4O5. The fourth-order valence-corrected chi connectivity index (χ4v) is 3.99. The van der Waals surface area contributed by atoms with Gasteiger partial charge in [-0.3, -0.25) is 18.7 Å². The molecule has 9 nitrogen and oxygen atoms in total. The molecule has 0 bridgehead atoms. The largest absolute Gasteiger partial charge is 0.454 e. The summed E-state index contributed by atoms with van der Waals surface area (Å²) in [5.41, 5.74) is 0.661. The lowest BCUT2D eigenvalue weighted by atomic mass is 10.2. The Balaban J connectivity index is 1.47. The molecule has 0 unspecified atom stereocenters. The third kappa shape index (κ3) is 4.13. The van der Waals surface area contributed by atoms with Crippen LogP contribution in [0.15, 0.2) is 70.4 Å². The zero-order valence-corrected chi connectivity index (χ0v) is 18.6. The van der Waals surface area contributed by atoms with Gasteiger partial charge in [-0.15, -0.1) is 0 Å². The Morgan fingerprint density at radius 3 is 2.71 bits per heavy atom. The quantitative estimate of drug-likeness (QED) is 0.456. The molecule has 2 aromatic heterocycles. The molecule has 0 radical (unpaired) electrons. The number of ether oxygens (including phenoxy) is 2. The summed E-state index contributed by atoms with van der Waals surface area (Å²) in [6.45, 7) is 0.0317. The second-order valence-electron chi connectivity index (χ2n) is 7.69. The summed E-state index contributed by atoms with van der Waals surface area (Å²) < 4.78 is 13.0. The summed E-state index contributed by atoms with van der Waals surface area (Å²) in [5.74, 6) is 0.744. The number of pyridine rings is 1. The normalized spacial score (nSPS) is 12.1. The van der Waals surface area contributed by atoms with E-state index in [-0.39, 0.29) is 37.5 Å². The minimum absolute atomic E-state index is 0.0118.